The maximum absolute atomic E-state index is 13.6. The Morgan fingerprint density at radius 2 is 1.47 bits per heavy atom. The monoisotopic (exact) mass is 626 g/mol. The van der Waals surface area contributed by atoms with Crippen LogP contribution < -0.4 is 0 Å². The van der Waals surface area contributed by atoms with Crippen molar-refractivity contribution in [2.24, 2.45) is 23.7 Å². The van der Waals surface area contributed by atoms with E-state index in [1.807, 2.05) is 0 Å². The van der Waals surface area contributed by atoms with Crippen LogP contribution in [0.5, 0.6) is 0 Å². The van der Waals surface area contributed by atoms with E-state index in [-0.39, 0.29) is 37.1 Å². The van der Waals surface area contributed by atoms with Gasteiger partial charge in [0.25, 0.3) is 17.7 Å². The lowest BCUT2D eigenvalue weighted by Crippen LogP contribution is -2.52. The van der Waals surface area contributed by atoms with Crippen LogP contribution in [0.3, 0.4) is 0 Å². The van der Waals surface area contributed by atoms with E-state index in [2.05, 4.69) is 31.9 Å². The van der Waals surface area contributed by atoms with Crippen molar-refractivity contribution in [3.63, 3.8) is 0 Å². The van der Waals surface area contributed by atoms with Crippen LogP contribution in [0.1, 0.15) is 27.1 Å². The number of amides is 3. The lowest BCUT2D eigenvalue weighted by molar-refractivity contribution is -0.154. The summed E-state index contributed by atoms with van der Waals surface area (Å²) in [5, 5.41) is 2.27. The van der Waals surface area contributed by atoms with Crippen molar-refractivity contribution in [1.29, 1.82) is 0 Å². The zero-order chi connectivity index (χ0) is 24.3. The number of ketones is 1. The minimum Gasteiger partial charge on any atom is -0.292 e. The van der Waals surface area contributed by atoms with Crippen molar-refractivity contribution in [2.45, 2.75) is 16.1 Å². The summed E-state index contributed by atoms with van der Waals surface area (Å²) in [6, 6.07) is 12.7. The van der Waals surface area contributed by atoms with Gasteiger partial charge in [0.05, 0.1) is 21.9 Å². The number of carbonyl (C=O) groups is 4. The molecule has 1 saturated heterocycles. The first-order valence-corrected chi connectivity index (χ1v) is 13.3. The largest absolute Gasteiger partial charge is 0.292 e. The van der Waals surface area contributed by atoms with Crippen LogP contribution in [0, 0.1) is 23.7 Å². The first kappa shape index (κ1) is 24.0. The number of nitrogens with zero attached hydrogens (tertiary/aromatic N) is 2. The molecule has 0 N–H and O–H groups in total. The molecule has 3 aliphatic rings. The molecule has 6 nitrogen and oxygen atoms in total. The first-order valence-electron chi connectivity index (χ1n) is 10.7. The van der Waals surface area contributed by atoms with Gasteiger partial charge in [-0.3, -0.25) is 19.2 Å². The van der Waals surface area contributed by atoms with Crippen LogP contribution in [0.4, 0.5) is 0 Å². The molecule has 0 spiro atoms. The summed E-state index contributed by atoms with van der Waals surface area (Å²) < 4.78 is 0. The SMILES string of the molecule is O=C(CN(C(=O)c1ccc(Cl)c(Cl)c1)N1C(=O)[C@@H]2[C@H]3C[C@@H]([C@H](Br)[C@H]3Br)[C@@H]2C1=O)c1ccccc1. The van der Waals surface area contributed by atoms with E-state index in [1.54, 1.807) is 30.3 Å². The highest BCUT2D eigenvalue weighted by molar-refractivity contribution is 9.12. The molecule has 0 unspecified atom stereocenters. The number of rotatable bonds is 5. The number of Topliss-reactive ketones (excluding diaryl/α,β-unsaturated/α-hetero) is 1. The minimum absolute atomic E-state index is 0.0208. The van der Waals surface area contributed by atoms with Gasteiger partial charge in [-0.2, -0.15) is 5.01 Å². The number of hydrogen-bond acceptors (Lipinski definition) is 4. The third kappa shape index (κ3) is 3.74. The molecule has 3 amide bonds. The highest BCUT2D eigenvalue weighted by Gasteiger charge is 2.67. The molecule has 34 heavy (non-hydrogen) atoms. The van der Waals surface area contributed by atoms with E-state index in [1.165, 1.54) is 18.2 Å². The molecule has 176 valence electrons. The summed E-state index contributed by atoms with van der Waals surface area (Å²) in [6.07, 6.45) is 0.760. The average Bonchev–Trinajstić information content (AvgIpc) is 3.44. The number of carbonyl (C=O) groups excluding carboxylic acids is 4. The summed E-state index contributed by atoms with van der Waals surface area (Å²) >= 11 is 19.4. The van der Waals surface area contributed by atoms with Gasteiger partial charge in [0.2, 0.25) is 0 Å². The van der Waals surface area contributed by atoms with Crippen molar-refractivity contribution in [3.05, 3.63) is 69.7 Å². The lowest BCUT2D eigenvalue weighted by Gasteiger charge is -2.31. The van der Waals surface area contributed by atoms with E-state index in [4.69, 9.17) is 23.2 Å². The van der Waals surface area contributed by atoms with Crippen molar-refractivity contribution in [1.82, 2.24) is 10.0 Å². The van der Waals surface area contributed by atoms with Gasteiger partial charge in [-0.25, -0.2) is 5.01 Å². The molecular weight excluding hydrogens is 611 g/mol. The summed E-state index contributed by atoms with van der Waals surface area (Å²) in [5.41, 5.74) is 0.488. The third-order valence-corrected chi connectivity index (χ3v) is 10.9. The van der Waals surface area contributed by atoms with Gasteiger partial charge in [-0.15, -0.1) is 0 Å². The molecule has 2 aromatic carbocycles. The molecule has 2 saturated carbocycles. The van der Waals surface area contributed by atoms with Gasteiger partial charge in [0.1, 0.15) is 6.54 Å². The van der Waals surface area contributed by atoms with Gasteiger partial charge in [-0.05, 0) is 36.5 Å². The second-order valence-corrected chi connectivity index (χ2v) is 11.7. The average molecular weight is 629 g/mol. The fourth-order valence-electron chi connectivity index (χ4n) is 5.43. The van der Waals surface area contributed by atoms with Gasteiger partial charge < -0.3 is 0 Å². The van der Waals surface area contributed by atoms with Crippen LogP contribution in [-0.2, 0) is 9.59 Å². The number of halogens is 4. The summed E-state index contributed by atoms with van der Waals surface area (Å²) in [5.74, 6) is -3.05. The van der Waals surface area contributed by atoms with Crippen LogP contribution in [0.2, 0.25) is 10.0 Å². The molecule has 1 heterocycles. The van der Waals surface area contributed by atoms with Gasteiger partial charge in [0.15, 0.2) is 5.78 Å². The molecule has 0 radical (unpaired) electrons. The Morgan fingerprint density at radius 1 is 0.882 bits per heavy atom. The molecule has 6 atom stereocenters. The third-order valence-electron chi connectivity index (χ3n) is 7.00. The second-order valence-electron chi connectivity index (χ2n) is 8.77. The Bertz CT molecular complexity index is 1180. The molecule has 3 fully saturated rings. The smallest absolute Gasteiger partial charge is 0.273 e. The van der Waals surface area contributed by atoms with Crippen molar-refractivity contribution < 1.29 is 19.2 Å². The predicted octanol–water partition coefficient (Wildman–Crippen LogP) is 5.01. The quantitative estimate of drug-likeness (QED) is 0.265. The Morgan fingerprint density at radius 3 is 2.03 bits per heavy atom. The van der Waals surface area contributed by atoms with Crippen molar-refractivity contribution in [3.8, 4) is 0 Å². The van der Waals surface area contributed by atoms with E-state index in [0.717, 1.165) is 16.4 Å². The second kappa shape index (κ2) is 9.04. The Balaban J connectivity index is 1.52. The summed E-state index contributed by atoms with van der Waals surface area (Å²) in [7, 11) is 0. The van der Waals surface area contributed by atoms with Crippen molar-refractivity contribution in [2.75, 3.05) is 6.54 Å². The van der Waals surface area contributed by atoms with Crippen LogP contribution in [-0.4, -0.2) is 49.7 Å². The van der Waals surface area contributed by atoms with E-state index in [0.29, 0.717) is 5.56 Å². The Labute approximate surface area is 222 Å². The number of fused-ring (bicyclic) bond motifs is 5. The fraction of sp³-hybridized carbons (Fsp3) is 0.333. The van der Waals surface area contributed by atoms with Gasteiger partial charge >= 0.3 is 0 Å². The predicted molar refractivity (Wildman–Crippen MR) is 134 cm³/mol. The Hall–Kier alpha value is -1.74. The number of imide groups is 1. The summed E-state index contributed by atoms with van der Waals surface area (Å²) in [4.78, 5) is 53.9. The molecule has 2 aliphatic carbocycles. The Kier molecular flexibility index (Phi) is 6.38. The number of benzene rings is 2. The first-order chi connectivity index (χ1) is 16.2. The highest BCUT2D eigenvalue weighted by Crippen LogP contribution is 2.60. The number of hydrogen-bond donors (Lipinski definition) is 0. The van der Waals surface area contributed by atoms with E-state index < -0.39 is 41.9 Å². The normalized spacial score (nSPS) is 29.5. The van der Waals surface area contributed by atoms with E-state index in [9.17, 15) is 19.2 Å². The maximum atomic E-state index is 13.6. The molecule has 5 rings (SSSR count). The van der Waals surface area contributed by atoms with Gasteiger partial charge in [-0.1, -0.05) is 85.4 Å². The molecule has 2 bridgehead atoms. The molecule has 1 aliphatic heterocycles. The summed E-state index contributed by atoms with van der Waals surface area (Å²) in [6.45, 7) is -0.467. The van der Waals surface area contributed by atoms with E-state index >= 15 is 0 Å². The number of hydrazine groups is 1. The number of alkyl halides is 2. The lowest BCUT2D eigenvalue weighted by atomic mass is 9.81. The molecule has 10 heteroatoms. The topological polar surface area (TPSA) is 74.8 Å². The fourth-order valence-corrected chi connectivity index (χ4v) is 7.61. The zero-order valence-corrected chi connectivity index (χ0v) is 22.2. The van der Waals surface area contributed by atoms with Gasteiger partial charge in [0, 0.05) is 20.8 Å². The maximum Gasteiger partial charge on any atom is 0.273 e. The van der Waals surface area contributed by atoms with Crippen LogP contribution >= 0.6 is 55.1 Å². The van der Waals surface area contributed by atoms with Crippen LogP contribution in [0.15, 0.2) is 48.5 Å². The molecular formula is C24H18Br2Cl2N2O4. The molecule has 2 aromatic rings. The molecule has 0 aromatic heterocycles. The minimum atomic E-state index is -0.678. The highest BCUT2D eigenvalue weighted by atomic mass is 79.9. The standard InChI is InChI=1S/C24H18Br2Cl2N2O4/c25-20-13-9-14(21(20)26)19-18(13)23(33)30(24(19)34)29(10-17(31)11-4-2-1-3-5-11)22(32)12-6-7-15(27)16(28)8-12/h1-8,13-14,18-21H,9-10H2/t13-,14-,18-,19+,20+,21+/m1/s1. The van der Waals surface area contributed by atoms with Crippen LogP contribution in [0.25, 0.3) is 0 Å². The zero-order valence-electron chi connectivity index (χ0n) is 17.5. The van der Waals surface area contributed by atoms with Crippen molar-refractivity contribution >= 4 is 78.6 Å².